The van der Waals surface area contributed by atoms with Crippen LogP contribution in [0.1, 0.15) is 5.56 Å². The van der Waals surface area contributed by atoms with Crippen LogP contribution in [0.25, 0.3) is 16.7 Å². The average molecular weight is 410 g/mol. The number of aryl methyl sites for hydroxylation is 1. The van der Waals surface area contributed by atoms with Gasteiger partial charge in [-0.15, -0.1) is 15.0 Å². The summed E-state index contributed by atoms with van der Waals surface area (Å²) in [6.07, 6.45) is 1.57. The Hall–Kier alpha value is -3.72. The number of aromatic hydroxyl groups is 1. The smallest absolute Gasteiger partial charge is 0.322 e. The number of benzene rings is 2. The predicted molar refractivity (Wildman–Crippen MR) is 109 cm³/mol. The summed E-state index contributed by atoms with van der Waals surface area (Å²) in [4.78, 5) is 13.4. The number of nitrogens with zero attached hydrogens (tertiary/aromatic N) is 6. The fourth-order valence-electron chi connectivity index (χ4n) is 2.62. The van der Waals surface area contributed by atoms with E-state index in [1.807, 2.05) is 25.1 Å². The molecule has 2 heterocycles. The number of ether oxygens (including phenoxy) is 1. The van der Waals surface area contributed by atoms with E-state index >= 15 is 0 Å². The van der Waals surface area contributed by atoms with Crippen molar-refractivity contribution in [3.63, 3.8) is 0 Å². The number of phenolic OH excluding ortho intramolecular Hbond substituents is 1. The number of aromatic nitrogens is 6. The number of phenols is 1. The second kappa shape index (κ2) is 7.72. The molecule has 4 rings (SSSR count). The summed E-state index contributed by atoms with van der Waals surface area (Å²) in [6.45, 7) is 5.78. The maximum absolute atomic E-state index is 10.5. The number of hydrogen-bond acceptors (Lipinski definition) is 8. The molecule has 0 spiro atoms. The van der Waals surface area contributed by atoms with Crippen LogP contribution in [-0.2, 0) is 0 Å². The van der Waals surface area contributed by atoms with Crippen LogP contribution < -0.4 is 10.1 Å². The first-order valence-electron chi connectivity index (χ1n) is 8.61. The molecule has 29 heavy (non-hydrogen) atoms. The van der Waals surface area contributed by atoms with E-state index < -0.39 is 0 Å². The fourth-order valence-corrected chi connectivity index (χ4v) is 2.77. The summed E-state index contributed by atoms with van der Waals surface area (Å²) in [7, 11) is 0. The molecule has 2 N–H and O–H groups in total. The van der Waals surface area contributed by atoms with E-state index in [-0.39, 0.29) is 29.6 Å². The van der Waals surface area contributed by atoms with Gasteiger partial charge in [0.1, 0.15) is 29.1 Å². The first kappa shape index (κ1) is 18.6. The first-order valence-corrected chi connectivity index (χ1v) is 8.99. The highest BCUT2D eigenvalue weighted by Crippen LogP contribution is 2.27. The van der Waals surface area contributed by atoms with Crippen LogP contribution in [0.3, 0.4) is 0 Å². The molecule has 10 heteroatoms. The molecule has 9 nitrogen and oxygen atoms in total. The van der Waals surface area contributed by atoms with Crippen molar-refractivity contribution in [1.29, 1.82) is 0 Å². The van der Waals surface area contributed by atoms with E-state index in [0.717, 1.165) is 16.6 Å². The molecule has 0 aliphatic heterocycles. The Labute approximate surface area is 170 Å². The van der Waals surface area contributed by atoms with Crippen LogP contribution in [0.5, 0.6) is 11.8 Å². The van der Waals surface area contributed by atoms with Crippen LogP contribution in [0.4, 0.5) is 11.6 Å². The summed E-state index contributed by atoms with van der Waals surface area (Å²) in [5, 5.41) is 22.2. The molecule has 0 saturated heterocycles. The molecule has 0 aliphatic carbocycles. The highest BCUT2D eigenvalue weighted by atomic mass is 35.5. The summed E-state index contributed by atoms with van der Waals surface area (Å²) in [5.41, 5.74) is 3.55. The third kappa shape index (κ3) is 4.09. The molecule has 2 aromatic carbocycles. The molecular weight excluding hydrogens is 394 g/mol. The van der Waals surface area contributed by atoms with Crippen molar-refractivity contribution in [2.75, 3.05) is 11.9 Å². The van der Waals surface area contributed by atoms with Crippen molar-refractivity contribution in [2.24, 2.45) is 0 Å². The minimum absolute atomic E-state index is 0.0182. The molecule has 0 fully saturated rings. The van der Waals surface area contributed by atoms with Gasteiger partial charge in [0, 0.05) is 11.8 Å². The van der Waals surface area contributed by atoms with Gasteiger partial charge < -0.3 is 15.2 Å². The van der Waals surface area contributed by atoms with Crippen LogP contribution >= 0.6 is 11.6 Å². The molecule has 0 aliphatic rings. The van der Waals surface area contributed by atoms with E-state index in [2.05, 4.69) is 37.0 Å². The van der Waals surface area contributed by atoms with Crippen molar-refractivity contribution in [1.82, 2.24) is 29.9 Å². The Morgan fingerprint density at radius 3 is 2.76 bits per heavy atom. The lowest BCUT2D eigenvalue weighted by atomic mass is 10.2. The number of anilines is 2. The lowest BCUT2D eigenvalue weighted by Gasteiger charge is -2.09. The minimum atomic E-state index is -0.0230. The summed E-state index contributed by atoms with van der Waals surface area (Å²) >= 11 is 5.90. The molecule has 0 radical (unpaired) electrons. The van der Waals surface area contributed by atoms with Crippen molar-refractivity contribution in [3.8, 4) is 17.4 Å². The number of nitrogens with one attached hydrogen (secondary N) is 1. The van der Waals surface area contributed by atoms with Gasteiger partial charge >= 0.3 is 6.01 Å². The number of fused-ring (bicyclic) bond motifs is 1. The van der Waals surface area contributed by atoms with Crippen molar-refractivity contribution >= 4 is 34.3 Å². The number of rotatable bonds is 6. The van der Waals surface area contributed by atoms with Crippen LogP contribution in [0.15, 0.2) is 49.1 Å². The third-order valence-corrected chi connectivity index (χ3v) is 4.07. The second-order valence-electron chi connectivity index (χ2n) is 6.12. The van der Waals surface area contributed by atoms with Gasteiger partial charge in [-0.25, -0.2) is 0 Å². The van der Waals surface area contributed by atoms with Crippen LogP contribution in [-0.4, -0.2) is 41.7 Å². The molecule has 2 aromatic heterocycles. The molecule has 146 valence electrons. The van der Waals surface area contributed by atoms with Crippen molar-refractivity contribution < 1.29 is 9.84 Å². The Bertz CT molecular complexity index is 1210. The zero-order chi connectivity index (χ0) is 20.4. The normalized spacial score (nSPS) is 10.8. The first-order chi connectivity index (χ1) is 14.0. The summed E-state index contributed by atoms with van der Waals surface area (Å²) in [5.74, 6) is 0.157. The van der Waals surface area contributed by atoms with Gasteiger partial charge in [-0.2, -0.15) is 15.0 Å². The van der Waals surface area contributed by atoms with E-state index in [9.17, 15) is 5.11 Å². The van der Waals surface area contributed by atoms with Gasteiger partial charge in [0.05, 0.1) is 0 Å². The van der Waals surface area contributed by atoms with Crippen molar-refractivity contribution in [3.05, 3.63) is 59.9 Å². The Morgan fingerprint density at radius 2 is 1.97 bits per heavy atom. The molecule has 0 unspecified atom stereocenters. The van der Waals surface area contributed by atoms with E-state index in [1.54, 1.807) is 18.2 Å². The van der Waals surface area contributed by atoms with Crippen LogP contribution in [0.2, 0.25) is 5.28 Å². The molecule has 0 bridgehead atoms. The Balaban J connectivity index is 1.60. The average Bonchev–Trinajstić information content (AvgIpc) is 3.08. The van der Waals surface area contributed by atoms with Gasteiger partial charge in [-0.3, -0.25) is 0 Å². The fraction of sp³-hybridized carbons (Fsp3) is 0.105. The van der Waals surface area contributed by atoms with Gasteiger partial charge in [-0.1, -0.05) is 18.7 Å². The Kier molecular flexibility index (Phi) is 4.96. The largest absolute Gasteiger partial charge is 0.506 e. The van der Waals surface area contributed by atoms with Crippen LogP contribution in [0, 0.1) is 6.92 Å². The number of hydrogen-bond donors (Lipinski definition) is 2. The maximum atomic E-state index is 10.5. The van der Waals surface area contributed by atoms with Gasteiger partial charge in [0.25, 0.3) is 0 Å². The SMILES string of the molecule is C=CCOc1nc(Cl)nc(Nc2ccc(-n3nc4ccc(C)cc4n3)c(O)c2)n1. The highest BCUT2D eigenvalue weighted by molar-refractivity contribution is 6.28. The summed E-state index contributed by atoms with van der Waals surface area (Å²) < 4.78 is 5.28. The topological polar surface area (TPSA) is 111 Å². The second-order valence-corrected chi connectivity index (χ2v) is 6.46. The number of halogens is 1. The molecule has 0 amide bonds. The monoisotopic (exact) mass is 409 g/mol. The standard InChI is InChI=1S/C19H16ClN7O2/c1-3-8-29-19-23-17(20)22-18(24-19)21-12-5-7-15(16(28)10-12)27-25-13-6-4-11(2)9-14(13)26-27/h3-7,9-10,28H,1,8H2,2H3,(H,21,22,23,24). The molecular formula is C19H16ClN7O2. The van der Waals surface area contributed by atoms with E-state index in [1.165, 1.54) is 10.9 Å². The predicted octanol–water partition coefficient (Wildman–Crippen LogP) is 3.58. The minimum Gasteiger partial charge on any atom is -0.506 e. The zero-order valence-electron chi connectivity index (χ0n) is 15.4. The third-order valence-electron chi connectivity index (χ3n) is 3.90. The quantitative estimate of drug-likeness (QED) is 0.465. The van der Waals surface area contributed by atoms with E-state index in [4.69, 9.17) is 16.3 Å². The molecule has 0 saturated carbocycles. The van der Waals surface area contributed by atoms with E-state index in [0.29, 0.717) is 11.4 Å². The lowest BCUT2D eigenvalue weighted by Crippen LogP contribution is -2.04. The zero-order valence-corrected chi connectivity index (χ0v) is 16.1. The molecule has 4 aromatic rings. The van der Waals surface area contributed by atoms with Crippen molar-refractivity contribution in [2.45, 2.75) is 6.92 Å². The van der Waals surface area contributed by atoms with Gasteiger partial charge in [0.15, 0.2) is 0 Å². The van der Waals surface area contributed by atoms with Gasteiger partial charge in [0.2, 0.25) is 11.2 Å². The highest BCUT2D eigenvalue weighted by Gasteiger charge is 2.11. The Morgan fingerprint density at radius 1 is 1.14 bits per heavy atom. The lowest BCUT2D eigenvalue weighted by molar-refractivity contribution is 0.332. The molecule has 0 atom stereocenters. The van der Waals surface area contributed by atoms with Gasteiger partial charge in [-0.05, 0) is 48.4 Å². The summed E-state index contributed by atoms with van der Waals surface area (Å²) in [6, 6.07) is 10.8. The maximum Gasteiger partial charge on any atom is 0.322 e.